The molecule has 0 bridgehead atoms. The third kappa shape index (κ3) is 3.16. The van der Waals surface area contributed by atoms with Crippen LogP contribution < -0.4 is 0 Å². The second kappa shape index (κ2) is 6.51. The number of aliphatic hydroxyl groups is 1. The van der Waals surface area contributed by atoms with Crippen molar-refractivity contribution in [3.63, 3.8) is 0 Å². The lowest BCUT2D eigenvalue weighted by molar-refractivity contribution is 0.0448. The van der Waals surface area contributed by atoms with Gasteiger partial charge in [0.1, 0.15) is 5.82 Å². The zero-order valence-electron chi connectivity index (χ0n) is 12.5. The third-order valence-corrected chi connectivity index (χ3v) is 4.28. The Morgan fingerprint density at radius 2 is 2.00 bits per heavy atom. The zero-order chi connectivity index (χ0) is 13.8. The number of hydrogen-bond acceptors (Lipinski definition) is 3. The summed E-state index contributed by atoms with van der Waals surface area (Å²) < 4.78 is 2.02. The lowest BCUT2D eigenvalue weighted by Crippen LogP contribution is -2.33. The molecular formula is C15H27N3O. The number of aliphatic hydroxyl groups excluding tert-OH is 1. The maximum absolute atomic E-state index is 10.3. The standard InChI is InChI=1S/C15H27N3O/c1-4-7-11-8-9-13(19)12(10-11)18-15(6-3)16-14(5-2)17-18/h11-13,19H,4-10H2,1-3H3. The molecule has 19 heavy (non-hydrogen) atoms. The van der Waals surface area contributed by atoms with Gasteiger partial charge in [-0.05, 0) is 25.2 Å². The van der Waals surface area contributed by atoms with Crippen LogP contribution in [0, 0.1) is 5.92 Å². The van der Waals surface area contributed by atoms with Crippen LogP contribution in [-0.2, 0) is 12.8 Å². The van der Waals surface area contributed by atoms with Crippen molar-refractivity contribution in [1.82, 2.24) is 14.8 Å². The van der Waals surface area contributed by atoms with E-state index in [2.05, 4.69) is 30.9 Å². The third-order valence-electron chi connectivity index (χ3n) is 4.28. The molecule has 0 saturated heterocycles. The molecule has 1 saturated carbocycles. The van der Waals surface area contributed by atoms with E-state index in [1.54, 1.807) is 0 Å². The topological polar surface area (TPSA) is 50.9 Å². The van der Waals surface area contributed by atoms with Crippen LogP contribution in [0.3, 0.4) is 0 Å². The molecule has 0 spiro atoms. The molecule has 1 heterocycles. The van der Waals surface area contributed by atoms with Crippen LogP contribution in [0.2, 0.25) is 0 Å². The fourth-order valence-electron chi connectivity index (χ4n) is 3.21. The number of aromatic nitrogens is 3. The summed E-state index contributed by atoms with van der Waals surface area (Å²) in [6.07, 6.45) is 7.09. The molecule has 1 aliphatic rings. The molecule has 3 unspecified atom stereocenters. The van der Waals surface area contributed by atoms with Crippen molar-refractivity contribution in [2.75, 3.05) is 0 Å². The van der Waals surface area contributed by atoms with E-state index in [0.29, 0.717) is 0 Å². The summed E-state index contributed by atoms with van der Waals surface area (Å²) in [6, 6.07) is 0.132. The molecule has 4 nitrogen and oxygen atoms in total. The predicted molar refractivity (Wildman–Crippen MR) is 76.1 cm³/mol. The van der Waals surface area contributed by atoms with Crippen LogP contribution in [-0.4, -0.2) is 26.0 Å². The van der Waals surface area contributed by atoms with Crippen LogP contribution in [0.15, 0.2) is 0 Å². The molecule has 4 heteroatoms. The van der Waals surface area contributed by atoms with Gasteiger partial charge in [-0.1, -0.05) is 33.6 Å². The van der Waals surface area contributed by atoms with Crippen molar-refractivity contribution < 1.29 is 5.11 Å². The fourth-order valence-corrected chi connectivity index (χ4v) is 3.21. The minimum absolute atomic E-state index is 0.132. The first-order valence-corrected chi connectivity index (χ1v) is 7.81. The van der Waals surface area contributed by atoms with Gasteiger partial charge in [-0.2, -0.15) is 5.10 Å². The van der Waals surface area contributed by atoms with Crippen LogP contribution >= 0.6 is 0 Å². The van der Waals surface area contributed by atoms with Gasteiger partial charge in [-0.15, -0.1) is 0 Å². The van der Waals surface area contributed by atoms with Crippen molar-refractivity contribution in [2.24, 2.45) is 5.92 Å². The Kier molecular flexibility index (Phi) is 4.97. The summed E-state index contributed by atoms with van der Waals surface area (Å²) in [7, 11) is 0. The molecule has 0 radical (unpaired) electrons. The lowest BCUT2D eigenvalue weighted by Gasteiger charge is -2.33. The summed E-state index contributed by atoms with van der Waals surface area (Å²) in [5.41, 5.74) is 0. The average Bonchev–Trinajstić information content (AvgIpc) is 2.84. The van der Waals surface area contributed by atoms with Gasteiger partial charge in [0, 0.05) is 12.8 Å². The summed E-state index contributed by atoms with van der Waals surface area (Å²) in [5, 5.41) is 14.9. The monoisotopic (exact) mass is 265 g/mol. The van der Waals surface area contributed by atoms with Gasteiger partial charge >= 0.3 is 0 Å². The molecule has 2 rings (SSSR count). The van der Waals surface area contributed by atoms with Gasteiger partial charge < -0.3 is 5.11 Å². The normalized spacial score (nSPS) is 27.7. The van der Waals surface area contributed by atoms with Crippen molar-refractivity contribution in [1.29, 1.82) is 0 Å². The Balaban J connectivity index is 2.20. The van der Waals surface area contributed by atoms with E-state index in [0.717, 1.165) is 49.7 Å². The number of hydrogen-bond donors (Lipinski definition) is 1. The highest BCUT2D eigenvalue weighted by Gasteiger charge is 2.32. The first-order chi connectivity index (χ1) is 9.19. The highest BCUT2D eigenvalue weighted by atomic mass is 16.3. The van der Waals surface area contributed by atoms with E-state index in [9.17, 15) is 5.11 Å². The summed E-state index contributed by atoms with van der Waals surface area (Å²) in [6.45, 7) is 6.43. The van der Waals surface area contributed by atoms with Gasteiger partial charge in [0.15, 0.2) is 5.82 Å². The predicted octanol–water partition coefficient (Wildman–Crippen LogP) is 2.91. The Hall–Kier alpha value is -0.900. The first kappa shape index (κ1) is 14.5. The highest BCUT2D eigenvalue weighted by Crippen LogP contribution is 2.35. The smallest absolute Gasteiger partial charge is 0.150 e. The molecule has 1 fully saturated rings. The Morgan fingerprint density at radius 1 is 1.21 bits per heavy atom. The number of aryl methyl sites for hydroxylation is 2. The molecule has 108 valence electrons. The molecule has 0 aliphatic heterocycles. The van der Waals surface area contributed by atoms with E-state index < -0.39 is 0 Å². The molecule has 1 aliphatic carbocycles. The highest BCUT2D eigenvalue weighted by molar-refractivity contribution is 4.97. The van der Waals surface area contributed by atoms with Crippen LogP contribution in [0.4, 0.5) is 0 Å². The summed E-state index contributed by atoms with van der Waals surface area (Å²) in [4.78, 5) is 4.57. The average molecular weight is 265 g/mol. The maximum Gasteiger partial charge on any atom is 0.150 e. The van der Waals surface area contributed by atoms with Crippen molar-refractivity contribution in [2.45, 2.75) is 77.9 Å². The second-order valence-corrected chi connectivity index (χ2v) is 5.70. The summed E-state index contributed by atoms with van der Waals surface area (Å²) >= 11 is 0. The SMILES string of the molecule is CCCC1CCC(O)C(n2nc(CC)nc2CC)C1. The fraction of sp³-hybridized carbons (Fsp3) is 0.867. The van der Waals surface area contributed by atoms with Gasteiger partial charge in [0.2, 0.25) is 0 Å². The quantitative estimate of drug-likeness (QED) is 0.890. The molecule has 1 N–H and O–H groups in total. The van der Waals surface area contributed by atoms with Gasteiger partial charge in [0.25, 0.3) is 0 Å². The summed E-state index contributed by atoms with van der Waals surface area (Å²) in [5.74, 6) is 2.66. The molecular weight excluding hydrogens is 238 g/mol. The molecule has 0 aromatic carbocycles. The largest absolute Gasteiger partial charge is 0.391 e. The van der Waals surface area contributed by atoms with E-state index in [1.807, 2.05) is 4.68 Å². The lowest BCUT2D eigenvalue weighted by atomic mass is 9.81. The molecule has 1 aromatic heterocycles. The van der Waals surface area contributed by atoms with E-state index in [-0.39, 0.29) is 12.1 Å². The van der Waals surface area contributed by atoms with Gasteiger partial charge in [-0.25, -0.2) is 9.67 Å². The number of nitrogens with zero attached hydrogens (tertiary/aromatic N) is 3. The van der Waals surface area contributed by atoms with E-state index in [1.165, 1.54) is 12.8 Å². The van der Waals surface area contributed by atoms with E-state index in [4.69, 9.17) is 0 Å². The Morgan fingerprint density at radius 3 is 2.63 bits per heavy atom. The maximum atomic E-state index is 10.3. The zero-order valence-corrected chi connectivity index (χ0v) is 12.5. The van der Waals surface area contributed by atoms with Crippen LogP contribution in [0.25, 0.3) is 0 Å². The first-order valence-electron chi connectivity index (χ1n) is 7.81. The minimum Gasteiger partial charge on any atom is -0.391 e. The minimum atomic E-state index is -0.259. The van der Waals surface area contributed by atoms with Crippen molar-refractivity contribution in [3.05, 3.63) is 11.6 Å². The second-order valence-electron chi connectivity index (χ2n) is 5.70. The van der Waals surface area contributed by atoms with Crippen LogP contribution in [0.5, 0.6) is 0 Å². The van der Waals surface area contributed by atoms with Gasteiger partial charge in [0.05, 0.1) is 12.1 Å². The molecule has 3 atom stereocenters. The van der Waals surface area contributed by atoms with Crippen molar-refractivity contribution in [3.8, 4) is 0 Å². The van der Waals surface area contributed by atoms with E-state index >= 15 is 0 Å². The Bertz CT molecular complexity index is 402. The van der Waals surface area contributed by atoms with Crippen molar-refractivity contribution >= 4 is 0 Å². The number of rotatable bonds is 5. The molecule has 0 amide bonds. The van der Waals surface area contributed by atoms with Gasteiger partial charge in [-0.3, -0.25) is 0 Å². The van der Waals surface area contributed by atoms with Crippen LogP contribution in [0.1, 0.15) is 70.6 Å². The molecule has 1 aromatic rings. The Labute approximate surface area is 116 Å².